The lowest BCUT2D eigenvalue weighted by Gasteiger charge is -2.34. The molecule has 1 N–H and O–H groups in total. The third-order valence-corrected chi connectivity index (χ3v) is 6.76. The summed E-state index contributed by atoms with van der Waals surface area (Å²) < 4.78 is 13.8. The molecule has 1 aliphatic heterocycles. The molecule has 2 heterocycles. The average molecular weight is 482 g/mol. The molecule has 0 radical (unpaired) electrons. The van der Waals surface area contributed by atoms with Gasteiger partial charge in [-0.2, -0.15) is 0 Å². The first-order valence-corrected chi connectivity index (χ1v) is 12.9. The summed E-state index contributed by atoms with van der Waals surface area (Å²) in [5.74, 6) is 1.32. The van der Waals surface area contributed by atoms with Crippen LogP contribution in [0, 0.1) is 11.7 Å². The SMILES string of the molecule is C=CC(=O)NCCC1CCN(c2ccnc(N(CC)CCN(CCC)c3cccc(F)c3)c2)CC1. The van der Waals surface area contributed by atoms with Gasteiger partial charge in [-0.25, -0.2) is 9.37 Å². The van der Waals surface area contributed by atoms with Crippen LogP contribution in [0.25, 0.3) is 0 Å². The van der Waals surface area contributed by atoms with Crippen LogP contribution in [0.2, 0.25) is 0 Å². The first kappa shape index (κ1) is 26.5. The Labute approximate surface area is 209 Å². The number of amides is 1. The molecule has 0 spiro atoms. The number of halogens is 1. The van der Waals surface area contributed by atoms with Crippen molar-refractivity contribution in [3.63, 3.8) is 0 Å². The molecule has 0 unspecified atom stereocenters. The molecule has 7 heteroatoms. The standard InChI is InChI=1S/C28H40FN5O/c1-4-16-33(25-9-7-8-24(29)21-25)20-19-32(6-3)27-22-26(11-15-30-27)34-17-12-23(13-18-34)10-14-31-28(35)5-2/h5,7-9,11,15,21-23H,2,4,6,10,12-14,16-20H2,1,3H3,(H,31,35). The summed E-state index contributed by atoms with van der Waals surface area (Å²) >= 11 is 0. The predicted octanol–water partition coefficient (Wildman–Crippen LogP) is 4.87. The Morgan fingerprint density at radius 1 is 1.17 bits per heavy atom. The number of aromatic nitrogens is 1. The minimum atomic E-state index is -0.199. The van der Waals surface area contributed by atoms with E-state index in [1.807, 2.05) is 12.3 Å². The Morgan fingerprint density at radius 2 is 1.94 bits per heavy atom. The molecule has 1 fully saturated rings. The maximum atomic E-state index is 13.8. The van der Waals surface area contributed by atoms with Crippen molar-refractivity contribution in [1.82, 2.24) is 10.3 Å². The number of nitrogens with zero attached hydrogens (tertiary/aromatic N) is 4. The molecule has 0 bridgehead atoms. The molecule has 6 nitrogen and oxygen atoms in total. The summed E-state index contributed by atoms with van der Waals surface area (Å²) in [5, 5.41) is 2.88. The molecule has 1 aromatic heterocycles. The predicted molar refractivity (Wildman–Crippen MR) is 144 cm³/mol. The summed E-state index contributed by atoms with van der Waals surface area (Å²) in [5.41, 5.74) is 2.14. The van der Waals surface area contributed by atoms with Crippen LogP contribution in [0.3, 0.4) is 0 Å². The monoisotopic (exact) mass is 481 g/mol. The number of hydrogen-bond acceptors (Lipinski definition) is 5. The molecule has 2 aromatic rings. The molecule has 35 heavy (non-hydrogen) atoms. The Bertz CT molecular complexity index is 944. The van der Waals surface area contributed by atoms with Gasteiger partial charge >= 0.3 is 0 Å². The number of benzene rings is 1. The highest BCUT2D eigenvalue weighted by Crippen LogP contribution is 2.27. The fraction of sp³-hybridized carbons (Fsp3) is 0.500. The van der Waals surface area contributed by atoms with Gasteiger partial charge < -0.3 is 20.0 Å². The van der Waals surface area contributed by atoms with E-state index in [2.05, 4.69) is 57.6 Å². The molecule has 1 amide bonds. The van der Waals surface area contributed by atoms with E-state index in [9.17, 15) is 9.18 Å². The number of carbonyl (C=O) groups excluding carboxylic acids is 1. The molecule has 1 aromatic carbocycles. The Kier molecular flexibility index (Phi) is 10.4. The fourth-order valence-electron chi connectivity index (χ4n) is 4.72. The number of anilines is 3. The maximum absolute atomic E-state index is 13.8. The molecular formula is C28H40FN5O. The zero-order valence-corrected chi connectivity index (χ0v) is 21.3. The van der Waals surface area contributed by atoms with E-state index in [-0.39, 0.29) is 11.7 Å². The van der Waals surface area contributed by atoms with Gasteiger partial charge in [0, 0.05) is 69.5 Å². The van der Waals surface area contributed by atoms with Crippen molar-refractivity contribution >= 4 is 23.1 Å². The van der Waals surface area contributed by atoms with Crippen molar-refractivity contribution in [3.05, 3.63) is 61.1 Å². The molecule has 3 rings (SSSR count). The van der Waals surface area contributed by atoms with Crippen LogP contribution in [0.5, 0.6) is 0 Å². The van der Waals surface area contributed by atoms with Crippen LogP contribution in [-0.4, -0.2) is 56.7 Å². The highest BCUT2D eigenvalue weighted by atomic mass is 19.1. The largest absolute Gasteiger partial charge is 0.371 e. The highest BCUT2D eigenvalue weighted by molar-refractivity contribution is 5.86. The van der Waals surface area contributed by atoms with Gasteiger partial charge in [0.05, 0.1) is 0 Å². The van der Waals surface area contributed by atoms with Gasteiger partial charge in [-0.05, 0) is 68.9 Å². The molecular weight excluding hydrogens is 441 g/mol. The second-order valence-electron chi connectivity index (χ2n) is 9.13. The van der Waals surface area contributed by atoms with Gasteiger partial charge in [-0.1, -0.05) is 19.6 Å². The zero-order chi connectivity index (χ0) is 25.0. The number of pyridine rings is 1. The highest BCUT2D eigenvalue weighted by Gasteiger charge is 2.20. The summed E-state index contributed by atoms with van der Waals surface area (Å²) in [4.78, 5) is 23.0. The first-order valence-electron chi connectivity index (χ1n) is 12.9. The normalized spacial score (nSPS) is 14.0. The topological polar surface area (TPSA) is 51.7 Å². The van der Waals surface area contributed by atoms with Crippen LogP contribution in [0.15, 0.2) is 55.3 Å². The van der Waals surface area contributed by atoms with Gasteiger partial charge in [-0.15, -0.1) is 0 Å². The van der Waals surface area contributed by atoms with E-state index in [0.717, 1.165) is 76.5 Å². The van der Waals surface area contributed by atoms with E-state index < -0.39 is 0 Å². The van der Waals surface area contributed by atoms with E-state index in [1.165, 1.54) is 17.8 Å². The van der Waals surface area contributed by atoms with Gasteiger partial charge in [-0.3, -0.25) is 4.79 Å². The number of nitrogens with one attached hydrogen (secondary N) is 1. The molecule has 0 atom stereocenters. The van der Waals surface area contributed by atoms with Crippen LogP contribution < -0.4 is 20.0 Å². The quantitative estimate of drug-likeness (QED) is 0.414. The van der Waals surface area contributed by atoms with Crippen molar-refractivity contribution < 1.29 is 9.18 Å². The Balaban J connectivity index is 1.56. The zero-order valence-electron chi connectivity index (χ0n) is 21.3. The third-order valence-electron chi connectivity index (χ3n) is 6.76. The van der Waals surface area contributed by atoms with Crippen LogP contribution in [-0.2, 0) is 4.79 Å². The summed E-state index contributed by atoms with van der Waals surface area (Å²) in [6.07, 6.45) is 7.50. The molecule has 1 saturated heterocycles. The number of rotatable bonds is 13. The van der Waals surface area contributed by atoms with Gasteiger partial charge in [0.25, 0.3) is 0 Å². The van der Waals surface area contributed by atoms with Gasteiger partial charge in [0.15, 0.2) is 0 Å². The lowest BCUT2D eigenvalue weighted by molar-refractivity contribution is -0.116. The van der Waals surface area contributed by atoms with E-state index in [1.54, 1.807) is 12.1 Å². The van der Waals surface area contributed by atoms with E-state index >= 15 is 0 Å². The smallest absolute Gasteiger partial charge is 0.243 e. The molecule has 1 aliphatic rings. The Hall–Kier alpha value is -3.09. The minimum absolute atomic E-state index is 0.0963. The Morgan fingerprint density at radius 3 is 2.63 bits per heavy atom. The number of likely N-dealkylation sites (N-methyl/N-ethyl adjacent to an activating group) is 1. The van der Waals surface area contributed by atoms with E-state index in [0.29, 0.717) is 12.5 Å². The van der Waals surface area contributed by atoms with Gasteiger partial charge in [0.1, 0.15) is 11.6 Å². The van der Waals surface area contributed by atoms with E-state index in [4.69, 9.17) is 0 Å². The minimum Gasteiger partial charge on any atom is -0.371 e. The van der Waals surface area contributed by atoms with Crippen LogP contribution in [0.1, 0.15) is 39.5 Å². The van der Waals surface area contributed by atoms with Crippen LogP contribution in [0.4, 0.5) is 21.6 Å². The van der Waals surface area contributed by atoms with Crippen molar-refractivity contribution in [3.8, 4) is 0 Å². The second-order valence-corrected chi connectivity index (χ2v) is 9.13. The number of carbonyl (C=O) groups is 1. The number of hydrogen-bond donors (Lipinski definition) is 1. The maximum Gasteiger partial charge on any atom is 0.243 e. The van der Waals surface area contributed by atoms with Crippen LogP contribution >= 0.6 is 0 Å². The van der Waals surface area contributed by atoms with Crippen molar-refractivity contribution in [2.75, 3.05) is 60.5 Å². The summed E-state index contributed by atoms with van der Waals surface area (Å²) in [6, 6.07) is 11.1. The molecule has 0 saturated carbocycles. The average Bonchev–Trinajstić information content (AvgIpc) is 2.89. The van der Waals surface area contributed by atoms with Crippen molar-refractivity contribution in [1.29, 1.82) is 0 Å². The summed E-state index contributed by atoms with van der Waals surface area (Å²) in [6.45, 7) is 13.9. The lowest BCUT2D eigenvalue weighted by atomic mass is 9.93. The lowest BCUT2D eigenvalue weighted by Crippen LogP contribution is -2.37. The summed E-state index contributed by atoms with van der Waals surface area (Å²) in [7, 11) is 0. The third kappa shape index (κ3) is 7.98. The van der Waals surface area contributed by atoms with Gasteiger partial charge in [0.2, 0.25) is 5.91 Å². The molecule has 0 aliphatic carbocycles. The second kappa shape index (κ2) is 13.7. The fourth-order valence-corrected chi connectivity index (χ4v) is 4.72. The molecule has 190 valence electrons. The first-order chi connectivity index (χ1) is 17.0. The number of piperidine rings is 1. The van der Waals surface area contributed by atoms with Crippen molar-refractivity contribution in [2.24, 2.45) is 5.92 Å². The van der Waals surface area contributed by atoms with Crippen molar-refractivity contribution in [2.45, 2.75) is 39.5 Å².